The van der Waals surface area contributed by atoms with Gasteiger partial charge in [-0.1, -0.05) is 0 Å². The number of pyridine rings is 1. The lowest BCUT2D eigenvalue weighted by atomic mass is 10.4. The van der Waals surface area contributed by atoms with Crippen LogP contribution in [-0.2, 0) is 0 Å². The molecule has 0 bridgehead atoms. The van der Waals surface area contributed by atoms with Crippen molar-refractivity contribution in [3.05, 3.63) is 23.6 Å². The van der Waals surface area contributed by atoms with Crippen LogP contribution in [0.3, 0.4) is 0 Å². The summed E-state index contributed by atoms with van der Waals surface area (Å²) in [6, 6.07) is -0.00142. The fraction of sp³-hybridized carbons (Fsp3) is 0.167. The summed E-state index contributed by atoms with van der Waals surface area (Å²) < 4.78 is 74.5. The summed E-state index contributed by atoms with van der Waals surface area (Å²) in [6.45, 7) is 0. The number of nitrogens with zero attached hydrogens (tertiary/aromatic N) is 1. The maximum Gasteiger partial charge on any atom is 0.574 e. The van der Waals surface area contributed by atoms with Crippen LogP contribution < -0.4 is 4.74 Å². The summed E-state index contributed by atoms with van der Waals surface area (Å²) in [5, 5.41) is 0. The van der Waals surface area contributed by atoms with Crippen molar-refractivity contribution in [2.24, 2.45) is 0 Å². The molecule has 0 unspecified atom stereocenters. The van der Waals surface area contributed by atoms with Gasteiger partial charge in [-0.25, -0.2) is 4.39 Å². The first-order chi connectivity index (χ1) is 6.29. The topological polar surface area (TPSA) is 22.1 Å². The van der Waals surface area contributed by atoms with Gasteiger partial charge < -0.3 is 4.74 Å². The number of rotatable bonds is 1. The zero-order valence-corrected chi connectivity index (χ0v) is 6.20. The Bertz CT molecular complexity index is 349. The molecule has 0 saturated carbocycles. The molecule has 2 nitrogen and oxygen atoms in total. The van der Waals surface area contributed by atoms with Crippen molar-refractivity contribution in [3.8, 4) is 5.88 Å². The van der Waals surface area contributed by atoms with Gasteiger partial charge in [-0.3, -0.25) is 0 Å². The predicted octanol–water partition coefficient (Wildman–Crippen LogP) is 2.40. The fourth-order valence-corrected chi connectivity index (χ4v) is 0.626. The van der Waals surface area contributed by atoms with Gasteiger partial charge in [0.25, 0.3) is 5.88 Å². The lowest BCUT2D eigenvalue weighted by Gasteiger charge is -2.08. The molecular weight excluding hydrogens is 216 g/mol. The van der Waals surface area contributed by atoms with Crippen LogP contribution in [0.1, 0.15) is 0 Å². The Labute approximate surface area is 73.1 Å². The van der Waals surface area contributed by atoms with Gasteiger partial charge in [0.15, 0.2) is 5.82 Å². The Kier molecular flexibility index (Phi) is 2.54. The summed E-state index contributed by atoms with van der Waals surface area (Å²) in [5.41, 5.74) is 0. The first kappa shape index (κ1) is 10.6. The largest absolute Gasteiger partial charge is 0.574 e. The third kappa shape index (κ3) is 2.51. The smallest absolute Gasteiger partial charge is 0.384 e. The normalized spacial score (nSPS) is 11.6. The van der Waals surface area contributed by atoms with Crippen molar-refractivity contribution in [2.45, 2.75) is 6.36 Å². The monoisotopic (exact) mass is 217 g/mol. The molecule has 78 valence electrons. The van der Waals surface area contributed by atoms with Crippen molar-refractivity contribution < 1.29 is 31.1 Å². The molecule has 14 heavy (non-hydrogen) atoms. The van der Waals surface area contributed by atoms with Gasteiger partial charge in [0, 0.05) is 6.07 Å². The fourth-order valence-electron chi connectivity index (χ4n) is 0.626. The third-order valence-corrected chi connectivity index (χ3v) is 1.06. The maximum atomic E-state index is 12.5. The second-order valence-corrected chi connectivity index (χ2v) is 2.09. The van der Waals surface area contributed by atoms with Crippen LogP contribution >= 0.6 is 0 Å². The van der Waals surface area contributed by atoms with Crippen molar-refractivity contribution in [2.75, 3.05) is 0 Å². The molecule has 0 aliphatic heterocycles. The van der Waals surface area contributed by atoms with Crippen LogP contribution in [0.15, 0.2) is 6.07 Å². The van der Waals surface area contributed by atoms with Gasteiger partial charge in [-0.2, -0.15) is 13.8 Å². The molecule has 0 aliphatic rings. The molecule has 0 spiro atoms. The number of hydrogen-bond donors (Lipinski definition) is 0. The molecule has 8 heteroatoms. The highest BCUT2D eigenvalue weighted by Crippen LogP contribution is 2.24. The van der Waals surface area contributed by atoms with E-state index in [2.05, 4.69) is 9.72 Å². The average Bonchev–Trinajstić information content (AvgIpc) is 1.96. The minimum Gasteiger partial charge on any atom is -0.384 e. The van der Waals surface area contributed by atoms with Crippen molar-refractivity contribution >= 4 is 0 Å². The maximum absolute atomic E-state index is 12.5. The first-order valence-corrected chi connectivity index (χ1v) is 3.07. The zero-order chi connectivity index (χ0) is 10.9. The highest BCUT2D eigenvalue weighted by Gasteiger charge is 2.34. The summed E-state index contributed by atoms with van der Waals surface area (Å²) >= 11 is 0. The number of hydrogen-bond acceptors (Lipinski definition) is 2. The van der Waals surface area contributed by atoms with Crippen LogP contribution in [0.25, 0.3) is 0 Å². The van der Waals surface area contributed by atoms with Gasteiger partial charge in [0.05, 0.1) is 0 Å². The lowest BCUT2D eigenvalue weighted by Crippen LogP contribution is -2.19. The quantitative estimate of drug-likeness (QED) is 0.532. The van der Waals surface area contributed by atoms with E-state index in [0.717, 1.165) is 0 Å². The van der Waals surface area contributed by atoms with E-state index in [1.807, 2.05) is 0 Å². The minimum atomic E-state index is -5.26. The Morgan fingerprint density at radius 2 is 1.71 bits per heavy atom. The Hall–Kier alpha value is -1.47. The zero-order valence-electron chi connectivity index (χ0n) is 6.20. The van der Waals surface area contributed by atoms with Crippen molar-refractivity contribution in [3.63, 3.8) is 0 Å². The van der Waals surface area contributed by atoms with E-state index in [4.69, 9.17) is 0 Å². The number of alkyl halides is 3. The lowest BCUT2D eigenvalue weighted by molar-refractivity contribution is -0.277. The summed E-state index contributed by atoms with van der Waals surface area (Å²) in [4.78, 5) is 2.40. The molecule has 0 fully saturated rings. The van der Waals surface area contributed by atoms with Crippen LogP contribution in [0, 0.1) is 17.6 Å². The molecule has 0 amide bonds. The van der Waals surface area contributed by atoms with Gasteiger partial charge in [-0.05, 0) is 0 Å². The molecular formula is C6HF6NO. The molecule has 1 heterocycles. The third-order valence-electron chi connectivity index (χ3n) is 1.06. The van der Waals surface area contributed by atoms with Crippen LogP contribution in [0.5, 0.6) is 5.88 Å². The van der Waals surface area contributed by atoms with Crippen molar-refractivity contribution in [1.29, 1.82) is 0 Å². The highest BCUT2D eigenvalue weighted by molar-refractivity contribution is 5.15. The summed E-state index contributed by atoms with van der Waals surface area (Å²) in [5.74, 6) is -7.20. The van der Waals surface area contributed by atoms with Crippen LogP contribution in [-0.4, -0.2) is 11.3 Å². The summed E-state index contributed by atoms with van der Waals surface area (Å²) in [7, 11) is 0. The predicted molar refractivity (Wildman–Crippen MR) is 30.8 cm³/mol. The van der Waals surface area contributed by atoms with Crippen LogP contribution in [0.4, 0.5) is 26.3 Å². The second-order valence-electron chi connectivity index (χ2n) is 2.09. The molecule has 1 rings (SSSR count). The standard InChI is InChI=1S/C6HF6NO/c7-2-1-3(8)13-5(4(2)9)14-6(10,11)12/h1H. The highest BCUT2D eigenvalue weighted by atomic mass is 19.4. The average molecular weight is 217 g/mol. The first-order valence-electron chi connectivity index (χ1n) is 3.07. The number of ether oxygens (including phenoxy) is 1. The molecule has 0 saturated heterocycles. The Balaban J connectivity index is 3.09. The van der Waals surface area contributed by atoms with Crippen molar-refractivity contribution in [1.82, 2.24) is 4.98 Å². The van der Waals surface area contributed by atoms with E-state index in [0.29, 0.717) is 0 Å². The minimum absolute atomic E-state index is 0.00142. The molecule has 0 atom stereocenters. The van der Waals surface area contributed by atoms with Gasteiger partial charge in [0.2, 0.25) is 11.8 Å². The van der Waals surface area contributed by atoms with E-state index in [1.165, 1.54) is 0 Å². The molecule has 0 aromatic carbocycles. The molecule has 0 radical (unpaired) electrons. The Morgan fingerprint density at radius 3 is 2.21 bits per heavy atom. The van der Waals surface area contributed by atoms with E-state index in [9.17, 15) is 26.3 Å². The van der Waals surface area contributed by atoms with E-state index >= 15 is 0 Å². The molecule has 1 aromatic heterocycles. The summed E-state index contributed by atoms with van der Waals surface area (Å²) in [6.07, 6.45) is -5.26. The SMILES string of the molecule is Fc1cc(F)c(F)c(OC(F)(F)F)n1. The van der Waals surface area contributed by atoms with Crippen LogP contribution in [0.2, 0.25) is 0 Å². The number of aromatic nitrogens is 1. The van der Waals surface area contributed by atoms with E-state index in [1.54, 1.807) is 0 Å². The molecule has 1 aromatic rings. The van der Waals surface area contributed by atoms with E-state index in [-0.39, 0.29) is 6.07 Å². The van der Waals surface area contributed by atoms with Gasteiger partial charge in [0.1, 0.15) is 0 Å². The van der Waals surface area contributed by atoms with Gasteiger partial charge in [-0.15, -0.1) is 13.2 Å². The molecule has 0 aliphatic carbocycles. The van der Waals surface area contributed by atoms with Gasteiger partial charge >= 0.3 is 6.36 Å². The Morgan fingerprint density at radius 1 is 1.14 bits per heavy atom. The molecule has 0 N–H and O–H groups in total. The van der Waals surface area contributed by atoms with E-state index < -0.39 is 29.8 Å². The number of halogens is 6. The second kappa shape index (κ2) is 3.35.